The van der Waals surface area contributed by atoms with Crippen molar-refractivity contribution in [2.45, 2.75) is 61.7 Å². The van der Waals surface area contributed by atoms with Gasteiger partial charge in [0, 0.05) is 36.1 Å². The SMILES string of the molecule is CC(C)Sc1ccc(CC(=O)N2CCC3(CCc4ccccc4O3)CC2)cc1. The zero-order chi connectivity index (χ0) is 19.6. The zero-order valence-electron chi connectivity index (χ0n) is 16.8. The number of hydrogen-bond acceptors (Lipinski definition) is 3. The van der Waals surface area contributed by atoms with E-state index in [4.69, 9.17) is 4.74 Å². The highest BCUT2D eigenvalue weighted by Gasteiger charge is 2.40. The molecule has 2 heterocycles. The Hall–Kier alpha value is -1.94. The smallest absolute Gasteiger partial charge is 0.226 e. The van der Waals surface area contributed by atoms with E-state index in [1.807, 2.05) is 22.7 Å². The summed E-state index contributed by atoms with van der Waals surface area (Å²) in [5, 5.41) is 0.571. The summed E-state index contributed by atoms with van der Waals surface area (Å²) in [5.41, 5.74) is 2.33. The number of likely N-dealkylation sites (tertiary alicyclic amines) is 1. The summed E-state index contributed by atoms with van der Waals surface area (Å²) < 4.78 is 6.41. The van der Waals surface area contributed by atoms with Gasteiger partial charge in [0.25, 0.3) is 0 Å². The van der Waals surface area contributed by atoms with E-state index < -0.39 is 0 Å². The maximum atomic E-state index is 12.8. The molecule has 1 fully saturated rings. The maximum Gasteiger partial charge on any atom is 0.226 e. The van der Waals surface area contributed by atoms with Crippen LogP contribution in [0.3, 0.4) is 0 Å². The summed E-state index contributed by atoms with van der Waals surface area (Å²) in [5.74, 6) is 1.27. The molecule has 1 saturated heterocycles. The van der Waals surface area contributed by atoms with E-state index in [-0.39, 0.29) is 11.5 Å². The topological polar surface area (TPSA) is 29.5 Å². The first-order valence-corrected chi connectivity index (χ1v) is 11.2. The number of amides is 1. The lowest BCUT2D eigenvalue weighted by atomic mass is 9.83. The van der Waals surface area contributed by atoms with E-state index in [1.165, 1.54) is 10.5 Å². The van der Waals surface area contributed by atoms with Crippen LogP contribution in [0.4, 0.5) is 0 Å². The number of benzene rings is 2. The van der Waals surface area contributed by atoms with Gasteiger partial charge < -0.3 is 9.64 Å². The molecule has 3 nitrogen and oxygen atoms in total. The van der Waals surface area contributed by atoms with Gasteiger partial charge in [0.05, 0.1) is 6.42 Å². The van der Waals surface area contributed by atoms with Crippen molar-refractivity contribution in [2.75, 3.05) is 13.1 Å². The molecule has 148 valence electrons. The van der Waals surface area contributed by atoms with Crippen LogP contribution in [-0.4, -0.2) is 34.7 Å². The number of rotatable bonds is 4. The number of carbonyl (C=O) groups excluding carboxylic acids is 1. The molecule has 0 bridgehead atoms. The van der Waals surface area contributed by atoms with Gasteiger partial charge in [-0.1, -0.05) is 44.2 Å². The predicted molar refractivity (Wildman–Crippen MR) is 115 cm³/mol. The molecule has 4 heteroatoms. The van der Waals surface area contributed by atoms with Crippen LogP contribution in [-0.2, 0) is 17.6 Å². The quantitative estimate of drug-likeness (QED) is 0.673. The predicted octanol–water partition coefficient (Wildman–Crippen LogP) is 5.12. The molecule has 2 aromatic rings. The van der Waals surface area contributed by atoms with Gasteiger partial charge >= 0.3 is 0 Å². The fourth-order valence-corrected chi connectivity index (χ4v) is 5.05. The van der Waals surface area contributed by atoms with Gasteiger partial charge in [0.1, 0.15) is 11.4 Å². The van der Waals surface area contributed by atoms with Crippen LogP contribution in [0.15, 0.2) is 53.4 Å². The lowest BCUT2D eigenvalue weighted by Gasteiger charge is -2.44. The van der Waals surface area contributed by atoms with Crippen LogP contribution in [0.1, 0.15) is 44.2 Å². The summed E-state index contributed by atoms with van der Waals surface area (Å²) in [6, 6.07) is 16.8. The Kier molecular flexibility index (Phi) is 5.68. The molecule has 2 aliphatic rings. The van der Waals surface area contributed by atoms with Crippen LogP contribution >= 0.6 is 11.8 Å². The van der Waals surface area contributed by atoms with E-state index >= 15 is 0 Å². The third kappa shape index (κ3) is 4.38. The molecule has 0 unspecified atom stereocenters. The second-order valence-electron chi connectivity index (χ2n) is 8.26. The van der Waals surface area contributed by atoms with Gasteiger partial charge in [0.2, 0.25) is 5.91 Å². The molecular weight excluding hydrogens is 366 g/mol. The number of aryl methyl sites for hydroxylation is 1. The molecule has 1 amide bonds. The Labute approximate surface area is 172 Å². The minimum absolute atomic E-state index is 0.0825. The van der Waals surface area contributed by atoms with Crippen molar-refractivity contribution in [2.24, 2.45) is 0 Å². The Morgan fingerprint density at radius 3 is 2.50 bits per heavy atom. The standard InChI is InChI=1S/C24H29NO2S/c1-18(2)28-21-9-7-19(8-10-21)17-23(26)25-15-13-24(14-16-25)12-11-20-5-3-4-6-22(20)27-24/h3-10,18H,11-17H2,1-2H3. The molecule has 0 saturated carbocycles. The van der Waals surface area contributed by atoms with E-state index in [2.05, 4.69) is 56.3 Å². The summed E-state index contributed by atoms with van der Waals surface area (Å²) in [7, 11) is 0. The first-order chi connectivity index (χ1) is 13.5. The first kappa shape index (κ1) is 19.4. The molecule has 0 radical (unpaired) electrons. The Morgan fingerprint density at radius 2 is 1.79 bits per heavy atom. The van der Waals surface area contributed by atoms with Crippen LogP contribution < -0.4 is 4.74 Å². The summed E-state index contributed by atoms with van der Waals surface area (Å²) in [6.45, 7) is 5.98. The van der Waals surface area contributed by atoms with Crippen molar-refractivity contribution in [1.82, 2.24) is 4.90 Å². The number of piperidine rings is 1. The summed E-state index contributed by atoms with van der Waals surface area (Å²) in [4.78, 5) is 16.1. The number of para-hydroxylation sites is 1. The third-order valence-corrected chi connectivity index (χ3v) is 6.84. The molecule has 0 aromatic heterocycles. The van der Waals surface area contributed by atoms with Crippen molar-refractivity contribution in [3.05, 3.63) is 59.7 Å². The zero-order valence-corrected chi connectivity index (χ0v) is 17.6. The minimum Gasteiger partial charge on any atom is -0.487 e. The van der Waals surface area contributed by atoms with Crippen LogP contribution in [0.25, 0.3) is 0 Å². The number of fused-ring (bicyclic) bond motifs is 1. The number of nitrogens with zero attached hydrogens (tertiary/aromatic N) is 1. The van der Waals surface area contributed by atoms with Gasteiger partial charge in [-0.2, -0.15) is 0 Å². The molecule has 0 N–H and O–H groups in total. The molecule has 1 spiro atoms. The molecule has 28 heavy (non-hydrogen) atoms. The van der Waals surface area contributed by atoms with E-state index in [0.29, 0.717) is 11.7 Å². The molecular formula is C24H29NO2S. The van der Waals surface area contributed by atoms with Crippen molar-refractivity contribution < 1.29 is 9.53 Å². The first-order valence-electron chi connectivity index (χ1n) is 10.3. The maximum absolute atomic E-state index is 12.8. The Morgan fingerprint density at radius 1 is 1.07 bits per heavy atom. The molecule has 0 atom stereocenters. The largest absolute Gasteiger partial charge is 0.487 e. The Bertz CT molecular complexity index is 823. The van der Waals surface area contributed by atoms with Crippen LogP contribution in [0, 0.1) is 0 Å². The normalized spacial score (nSPS) is 18.0. The van der Waals surface area contributed by atoms with Gasteiger partial charge in [-0.15, -0.1) is 11.8 Å². The second kappa shape index (κ2) is 8.20. The number of thioether (sulfide) groups is 1. The Balaban J connectivity index is 1.32. The fraction of sp³-hybridized carbons (Fsp3) is 0.458. The molecule has 2 aliphatic heterocycles. The lowest BCUT2D eigenvalue weighted by molar-refractivity contribution is -0.134. The van der Waals surface area contributed by atoms with Gasteiger partial charge in [-0.05, 0) is 42.2 Å². The van der Waals surface area contributed by atoms with Crippen molar-refractivity contribution in [1.29, 1.82) is 0 Å². The minimum atomic E-state index is -0.0825. The van der Waals surface area contributed by atoms with Gasteiger partial charge in [-0.25, -0.2) is 0 Å². The van der Waals surface area contributed by atoms with E-state index in [1.54, 1.807) is 0 Å². The number of hydrogen-bond donors (Lipinski definition) is 0. The highest BCUT2D eigenvalue weighted by atomic mass is 32.2. The van der Waals surface area contributed by atoms with Gasteiger partial charge in [0.15, 0.2) is 0 Å². The molecule has 4 rings (SSSR count). The summed E-state index contributed by atoms with van der Waals surface area (Å²) >= 11 is 1.85. The lowest BCUT2D eigenvalue weighted by Crippen LogP contribution is -2.51. The fourth-order valence-electron chi connectivity index (χ4n) is 4.22. The van der Waals surface area contributed by atoms with Crippen molar-refractivity contribution >= 4 is 17.7 Å². The second-order valence-corrected chi connectivity index (χ2v) is 9.91. The molecule has 2 aromatic carbocycles. The average molecular weight is 396 g/mol. The van der Waals surface area contributed by atoms with Crippen LogP contribution in [0.5, 0.6) is 5.75 Å². The number of ether oxygens (including phenoxy) is 1. The molecule has 0 aliphatic carbocycles. The monoisotopic (exact) mass is 395 g/mol. The van der Waals surface area contributed by atoms with Crippen molar-refractivity contribution in [3.8, 4) is 5.75 Å². The number of carbonyl (C=O) groups is 1. The highest BCUT2D eigenvalue weighted by Crippen LogP contribution is 2.39. The van der Waals surface area contributed by atoms with E-state index in [0.717, 1.165) is 50.1 Å². The third-order valence-electron chi connectivity index (χ3n) is 5.83. The average Bonchev–Trinajstić information content (AvgIpc) is 2.69. The van der Waals surface area contributed by atoms with Gasteiger partial charge in [-0.3, -0.25) is 4.79 Å². The van der Waals surface area contributed by atoms with Crippen molar-refractivity contribution in [3.63, 3.8) is 0 Å². The van der Waals surface area contributed by atoms with Crippen LogP contribution in [0.2, 0.25) is 0 Å². The highest BCUT2D eigenvalue weighted by molar-refractivity contribution is 7.99. The van der Waals surface area contributed by atoms with E-state index in [9.17, 15) is 4.79 Å². The summed E-state index contributed by atoms with van der Waals surface area (Å²) in [6.07, 6.45) is 4.48.